The van der Waals surface area contributed by atoms with Crippen molar-refractivity contribution in [3.63, 3.8) is 0 Å². The van der Waals surface area contributed by atoms with Crippen LogP contribution < -0.4 is 10.2 Å². The van der Waals surface area contributed by atoms with Gasteiger partial charge in [-0.25, -0.2) is 4.98 Å². The van der Waals surface area contributed by atoms with Crippen LogP contribution >= 0.6 is 22.9 Å². The molecule has 1 saturated heterocycles. The van der Waals surface area contributed by atoms with Gasteiger partial charge in [-0.3, -0.25) is 9.59 Å². The lowest BCUT2D eigenvalue weighted by molar-refractivity contribution is -0.117. The fourth-order valence-electron chi connectivity index (χ4n) is 3.15. The number of hydrogen-bond donors (Lipinski definition) is 1. The summed E-state index contributed by atoms with van der Waals surface area (Å²) in [6.45, 7) is 0.763. The lowest BCUT2D eigenvalue weighted by Gasteiger charge is -2.15. The van der Waals surface area contributed by atoms with Crippen LogP contribution in [0.3, 0.4) is 0 Å². The Morgan fingerprint density at radius 1 is 1.14 bits per heavy atom. The van der Waals surface area contributed by atoms with Crippen molar-refractivity contribution in [3.8, 4) is 11.3 Å². The zero-order valence-electron chi connectivity index (χ0n) is 15.0. The van der Waals surface area contributed by atoms with Crippen molar-refractivity contribution in [2.24, 2.45) is 0 Å². The SMILES string of the molecule is O=C(Cc1ccc(N2CCCC2=O)cc1)Nc1nc(-c2ccc(Cl)cc2)cs1. The molecular weight excluding hydrogens is 394 g/mol. The van der Waals surface area contributed by atoms with E-state index in [1.54, 1.807) is 4.90 Å². The van der Waals surface area contributed by atoms with Gasteiger partial charge in [-0.15, -0.1) is 11.3 Å². The lowest BCUT2D eigenvalue weighted by atomic mass is 10.1. The van der Waals surface area contributed by atoms with Gasteiger partial charge in [0.15, 0.2) is 5.13 Å². The van der Waals surface area contributed by atoms with Gasteiger partial charge < -0.3 is 10.2 Å². The number of aromatic nitrogens is 1. The zero-order valence-corrected chi connectivity index (χ0v) is 16.6. The van der Waals surface area contributed by atoms with Crippen molar-refractivity contribution >= 4 is 45.6 Å². The number of nitrogens with one attached hydrogen (secondary N) is 1. The Balaban J connectivity index is 1.37. The number of nitrogens with zero attached hydrogens (tertiary/aromatic N) is 2. The number of carbonyl (C=O) groups excluding carboxylic acids is 2. The molecule has 2 aromatic carbocycles. The topological polar surface area (TPSA) is 62.3 Å². The highest BCUT2D eigenvalue weighted by Gasteiger charge is 2.21. The van der Waals surface area contributed by atoms with Crippen LogP contribution in [0, 0.1) is 0 Å². The maximum Gasteiger partial charge on any atom is 0.230 e. The highest BCUT2D eigenvalue weighted by atomic mass is 35.5. The van der Waals surface area contributed by atoms with Crippen LogP contribution in [0.15, 0.2) is 53.9 Å². The minimum Gasteiger partial charge on any atom is -0.312 e. The molecule has 1 N–H and O–H groups in total. The summed E-state index contributed by atoms with van der Waals surface area (Å²) in [4.78, 5) is 30.4. The third kappa shape index (κ3) is 4.24. The second kappa shape index (κ2) is 8.12. The predicted molar refractivity (Wildman–Crippen MR) is 113 cm³/mol. The van der Waals surface area contributed by atoms with Crippen LogP contribution in [-0.2, 0) is 16.0 Å². The van der Waals surface area contributed by atoms with Gasteiger partial charge in [0.1, 0.15) is 0 Å². The molecule has 28 heavy (non-hydrogen) atoms. The first-order chi connectivity index (χ1) is 13.6. The third-order valence-corrected chi connectivity index (χ3v) is 5.59. The molecule has 4 rings (SSSR count). The van der Waals surface area contributed by atoms with Gasteiger partial charge in [0.2, 0.25) is 11.8 Å². The second-order valence-corrected chi connectivity index (χ2v) is 7.88. The molecule has 0 bridgehead atoms. The summed E-state index contributed by atoms with van der Waals surface area (Å²) < 4.78 is 0. The second-order valence-electron chi connectivity index (χ2n) is 6.59. The van der Waals surface area contributed by atoms with E-state index in [4.69, 9.17) is 11.6 Å². The van der Waals surface area contributed by atoms with Crippen molar-refractivity contribution < 1.29 is 9.59 Å². The summed E-state index contributed by atoms with van der Waals surface area (Å²) >= 11 is 7.30. The molecule has 0 spiro atoms. The van der Waals surface area contributed by atoms with E-state index in [0.717, 1.165) is 35.5 Å². The average molecular weight is 412 g/mol. The smallest absolute Gasteiger partial charge is 0.230 e. The van der Waals surface area contributed by atoms with Gasteiger partial charge in [-0.2, -0.15) is 0 Å². The molecule has 1 fully saturated rings. The van der Waals surface area contributed by atoms with Gasteiger partial charge in [-0.1, -0.05) is 35.9 Å². The summed E-state index contributed by atoms with van der Waals surface area (Å²) in [5.74, 6) is 0.0350. The summed E-state index contributed by atoms with van der Waals surface area (Å²) in [6.07, 6.45) is 1.76. The van der Waals surface area contributed by atoms with Gasteiger partial charge in [-0.05, 0) is 36.2 Å². The van der Waals surface area contributed by atoms with Gasteiger partial charge >= 0.3 is 0 Å². The molecule has 1 aliphatic heterocycles. The van der Waals surface area contributed by atoms with Crippen molar-refractivity contribution in [1.82, 2.24) is 4.98 Å². The van der Waals surface area contributed by atoms with Gasteiger partial charge in [0.25, 0.3) is 0 Å². The van der Waals surface area contributed by atoms with E-state index in [0.29, 0.717) is 16.6 Å². The first-order valence-electron chi connectivity index (χ1n) is 8.99. The summed E-state index contributed by atoms with van der Waals surface area (Å²) in [5.41, 5.74) is 3.53. The van der Waals surface area contributed by atoms with Crippen LogP contribution in [-0.4, -0.2) is 23.3 Å². The van der Waals surface area contributed by atoms with E-state index < -0.39 is 0 Å². The predicted octanol–water partition coefficient (Wildman–Crippen LogP) is 4.77. The lowest BCUT2D eigenvalue weighted by Crippen LogP contribution is -2.23. The summed E-state index contributed by atoms with van der Waals surface area (Å²) in [7, 11) is 0. The number of halogens is 1. The molecule has 3 aromatic rings. The van der Waals surface area contributed by atoms with Crippen molar-refractivity contribution in [2.75, 3.05) is 16.8 Å². The Morgan fingerprint density at radius 3 is 2.57 bits per heavy atom. The molecule has 0 aliphatic carbocycles. The van der Waals surface area contributed by atoms with E-state index in [2.05, 4.69) is 10.3 Å². The zero-order chi connectivity index (χ0) is 19.5. The van der Waals surface area contributed by atoms with Gasteiger partial charge in [0.05, 0.1) is 12.1 Å². The number of thiazole rings is 1. The van der Waals surface area contributed by atoms with E-state index in [1.165, 1.54) is 11.3 Å². The number of amides is 2. The Hall–Kier alpha value is -2.70. The van der Waals surface area contributed by atoms with Crippen LogP contribution in [0.25, 0.3) is 11.3 Å². The standard InChI is InChI=1S/C21H18ClN3O2S/c22-16-7-5-15(6-8-16)18-13-28-21(23-18)24-19(26)12-14-3-9-17(10-4-14)25-11-1-2-20(25)27/h3-10,13H,1-2,11-12H2,(H,23,24,26). The summed E-state index contributed by atoms with van der Waals surface area (Å²) in [5, 5.41) is 5.99. The van der Waals surface area contributed by atoms with E-state index in [9.17, 15) is 9.59 Å². The van der Waals surface area contributed by atoms with Crippen LogP contribution in [0.2, 0.25) is 5.02 Å². The molecule has 0 unspecified atom stereocenters. The highest BCUT2D eigenvalue weighted by Crippen LogP contribution is 2.26. The normalized spacial score (nSPS) is 13.8. The molecule has 1 aromatic heterocycles. The molecule has 0 atom stereocenters. The molecule has 142 valence electrons. The quantitative estimate of drug-likeness (QED) is 0.657. The summed E-state index contributed by atoms with van der Waals surface area (Å²) in [6, 6.07) is 15.0. The van der Waals surface area contributed by atoms with Crippen LogP contribution in [0.5, 0.6) is 0 Å². The molecule has 1 aliphatic rings. The number of carbonyl (C=O) groups is 2. The van der Waals surface area contributed by atoms with E-state index >= 15 is 0 Å². The average Bonchev–Trinajstić information content (AvgIpc) is 3.32. The fourth-order valence-corrected chi connectivity index (χ4v) is 4.01. The van der Waals surface area contributed by atoms with Crippen molar-refractivity contribution in [1.29, 1.82) is 0 Å². The van der Waals surface area contributed by atoms with E-state index in [1.807, 2.05) is 53.9 Å². The minimum absolute atomic E-state index is 0.123. The minimum atomic E-state index is -0.123. The molecule has 0 radical (unpaired) electrons. The Labute approximate surface area is 172 Å². The molecule has 2 amide bonds. The number of anilines is 2. The number of hydrogen-bond acceptors (Lipinski definition) is 4. The Kier molecular flexibility index (Phi) is 5.41. The molecule has 5 nitrogen and oxygen atoms in total. The van der Waals surface area contributed by atoms with E-state index in [-0.39, 0.29) is 18.2 Å². The Morgan fingerprint density at radius 2 is 1.89 bits per heavy atom. The number of benzene rings is 2. The largest absolute Gasteiger partial charge is 0.312 e. The first-order valence-corrected chi connectivity index (χ1v) is 10.2. The molecule has 0 saturated carbocycles. The Bertz CT molecular complexity index is 999. The first kappa shape index (κ1) is 18.7. The number of rotatable bonds is 5. The maximum atomic E-state index is 12.3. The highest BCUT2D eigenvalue weighted by molar-refractivity contribution is 7.14. The van der Waals surface area contributed by atoms with Crippen LogP contribution in [0.1, 0.15) is 18.4 Å². The van der Waals surface area contributed by atoms with Crippen molar-refractivity contribution in [2.45, 2.75) is 19.3 Å². The third-order valence-electron chi connectivity index (χ3n) is 4.58. The molecular formula is C21H18ClN3O2S. The molecule has 7 heteroatoms. The monoisotopic (exact) mass is 411 g/mol. The van der Waals surface area contributed by atoms with Crippen LogP contribution in [0.4, 0.5) is 10.8 Å². The maximum absolute atomic E-state index is 12.3. The molecule has 2 heterocycles. The van der Waals surface area contributed by atoms with Gasteiger partial charge in [0, 0.05) is 34.6 Å². The fraction of sp³-hybridized carbons (Fsp3) is 0.190. The van der Waals surface area contributed by atoms with Crippen molar-refractivity contribution in [3.05, 3.63) is 64.5 Å².